The lowest BCUT2D eigenvalue weighted by molar-refractivity contribution is 0.102. The lowest BCUT2D eigenvalue weighted by atomic mass is 9.87. The Bertz CT molecular complexity index is 876. The van der Waals surface area contributed by atoms with E-state index in [1.165, 1.54) is 0 Å². The van der Waals surface area contributed by atoms with Crippen molar-refractivity contribution in [1.82, 2.24) is 9.55 Å². The highest BCUT2D eigenvalue weighted by atomic mass is 16.3. The highest BCUT2D eigenvalue weighted by Crippen LogP contribution is 2.31. The molecule has 0 saturated heterocycles. The Morgan fingerprint density at radius 3 is 2.44 bits per heavy atom. The second-order valence-electron chi connectivity index (χ2n) is 6.95. The van der Waals surface area contributed by atoms with Crippen LogP contribution in [0.2, 0.25) is 0 Å². The fraction of sp³-hybridized carbons (Fsp3) is 0.200. The number of aromatic hydroxyl groups is 1. The number of hydrogen-bond acceptors (Lipinski definition) is 3. The molecule has 5 heteroatoms. The number of rotatable bonds is 3. The van der Waals surface area contributed by atoms with Gasteiger partial charge >= 0.3 is 0 Å². The van der Waals surface area contributed by atoms with Crippen molar-refractivity contribution in [3.05, 3.63) is 72.3 Å². The molecule has 0 aliphatic rings. The van der Waals surface area contributed by atoms with Crippen LogP contribution >= 0.6 is 0 Å². The SMILES string of the molecule is CC(C)(C)c1ccc(O)c(NC(=O)c2ccc(-n3ccnc3)cc2)c1. The topological polar surface area (TPSA) is 67.2 Å². The van der Waals surface area contributed by atoms with Gasteiger partial charge in [-0.25, -0.2) is 4.98 Å². The minimum Gasteiger partial charge on any atom is -0.506 e. The van der Waals surface area contributed by atoms with E-state index in [1.54, 1.807) is 30.7 Å². The Labute approximate surface area is 147 Å². The minimum absolute atomic E-state index is 0.0522. The molecule has 0 fully saturated rings. The van der Waals surface area contributed by atoms with Crippen LogP contribution in [-0.4, -0.2) is 20.6 Å². The predicted molar refractivity (Wildman–Crippen MR) is 98.3 cm³/mol. The molecule has 3 rings (SSSR count). The molecule has 0 aliphatic heterocycles. The monoisotopic (exact) mass is 335 g/mol. The zero-order valence-electron chi connectivity index (χ0n) is 14.5. The van der Waals surface area contributed by atoms with Crippen LogP contribution in [0.15, 0.2) is 61.2 Å². The maximum Gasteiger partial charge on any atom is 0.255 e. The van der Waals surface area contributed by atoms with Gasteiger partial charge in [0.25, 0.3) is 5.91 Å². The number of imidazole rings is 1. The summed E-state index contributed by atoms with van der Waals surface area (Å²) in [6.07, 6.45) is 5.24. The van der Waals surface area contributed by atoms with Crippen LogP contribution in [-0.2, 0) is 5.41 Å². The van der Waals surface area contributed by atoms with Gasteiger partial charge in [0, 0.05) is 23.6 Å². The van der Waals surface area contributed by atoms with Crippen LogP contribution in [0.4, 0.5) is 5.69 Å². The van der Waals surface area contributed by atoms with Gasteiger partial charge in [-0.2, -0.15) is 0 Å². The first-order valence-electron chi connectivity index (χ1n) is 8.08. The van der Waals surface area contributed by atoms with Crippen LogP contribution in [0.25, 0.3) is 5.69 Å². The van der Waals surface area contributed by atoms with E-state index in [0.29, 0.717) is 11.3 Å². The summed E-state index contributed by atoms with van der Waals surface area (Å²) in [7, 11) is 0. The maximum atomic E-state index is 12.5. The molecule has 25 heavy (non-hydrogen) atoms. The summed E-state index contributed by atoms with van der Waals surface area (Å²) >= 11 is 0. The standard InChI is InChI=1S/C20H21N3O2/c1-20(2,3)15-6-9-18(24)17(12-15)22-19(25)14-4-7-16(8-5-14)23-11-10-21-13-23/h4-13,24H,1-3H3,(H,22,25). The third kappa shape index (κ3) is 3.71. The summed E-state index contributed by atoms with van der Waals surface area (Å²) in [5.41, 5.74) is 2.82. The van der Waals surface area contributed by atoms with Crippen molar-refractivity contribution in [1.29, 1.82) is 0 Å². The Morgan fingerprint density at radius 2 is 1.84 bits per heavy atom. The number of aromatic nitrogens is 2. The Morgan fingerprint density at radius 1 is 1.12 bits per heavy atom. The van der Waals surface area contributed by atoms with E-state index in [9.17, 15) is 9.90 Å². The van der Waals surface area contributed by atoms with E-state index in [-0.39, 0.29) is 17.1 Å². The molecule has 5 nitrogen and oxygen atoms in total. The summed E-state index contributed by atoms with van der Waals surface area (Å²) in [6, 6.07) is 12.5. The van der Waals surface area contributed by atoms with E-state index < -0.39 is 0 Å². The first kappa shape index (κ1) is 16.8. The second kappa shape index (κ2) is 6.43. The number of nitrogens with zero attached hydrogens (tertiary/aromatic N) is 2. The Kier molecular flexibility index (Phi) is 4.31. The van der Waals surface area contributed by atoms with Gasteiger partial charge in [-0.1, -0.05) is 26.8 Å². The van der Waals surface area contributed by atoms with Crippen molar-refractivity contribution in [2.24, 2.45) is 0 Å². The lowest BCUT2D eigenvalue weighted by Gasteiger charge is -2.20. The van der Waals surface area contributed by atoms with E-state index in [2.05, 4.69) is 31.1 Å². The molecule has 0 aliphatic carbocycles. The summed E-state index contributed by atoms with van der Waals surface area (Å²) in [4.78, 5) is 16.5. The van der Waals surface area contributed by atoms with Crippen LogP contribution in [0.3, 0.4) is 0 Å². The van der Waals surface area contributed by atoms with Gasteiger partial charge in [-0.3, -0.25) is 4.79 Å². The van der Waals surface area contributed by atoms with E-state index in [1.807, 2.05) is 35.0 Å². The average molecular weight is 335 g/mol. The van der Waals surface area contributed by atoms with Gasteiger partial charge in [0.1, 0.15) is 5.75 Å². The first-order chi connectivity index (χ1) is 11.8. The Hall–Kier alpha value is -3.08. The molecule has 3 aromatic rings. The smallest absolute Gasteiger partial charge is 0.255 e. The number of carbonyl (C=O) groups is 1. The zero-order chi connectivity index (χ0) is 18.0. The summed E-state index contributed by atoms with van der Waals surface area (Å²) in [6.45, 7) is 6.25. The fourth-order valence-corrected chi connectivity index (χ4v) is 2.49. The number of hydrogen-bond donors (Lipinski definition) is 2. The van der Waals surface area contributed by atoms with Gasteiger partial charge in [0.05, 0.1) is 12.0 Å². The van der Waals surface area contributed by atoms with Gasteiger partial charge in [0.15, 0.2) is 0 Å². The highest BCUT2D eigenvalue weighted by molar-refractivity contribution is 6.05. The van der Waals surface area contributed by atoms with Crippen LogP contribution in [0.1, 0.15) is 36.7 Å². The van der Waals surface area contributed by atoms with Crippen LogP contribution in [0, 0.1) is 0 Å². The third-order valence-electron chi connectivity index (χ3n) is 4.04. The van der Waals surface area contributed by atoms with E-state index >= 15 is 0 Å². The molecule has 0 atom stereocenters. The lowest BCUT2D eigenvalue weighted by Crippen LogP contribution is -2.15. The molecule has 0 spiro atoms. The fourth-order valence-electron chi connectivity index (χ4n) is 2.49. The molecule has 0 saturated carbocycles. The molecule has 0 unspecified atom stereocenters. The normalized spacial score (nSPS) is 11.3. The third-order valence-corrected chi connectivity index (χ3v) is 4.04. The molecule has 1 heterocycles. The van der Waals surface area contributed by atoms with Crippen molar-refractivity contribution >= 4 is 11.6 Å². The number of anilines is 1. The molecule has 1 aromatic heterocycles. The van der Waals surface area contributed by atoms with Gasteiger partial charge < -0.3 is 15.0 Å². The Balaban J connectivity index is 1.80. The van der Waals surface area contributed by atoms with Crippen LogP contribution in [0.5, 0.6) is 5.75 Å². The quantitative estimate of drug-likeness (QED) is 0.707. The number of benzene rings is 2. The van der Waals surface area contributed by atoms with E-state index in [4.69, 9.17) is 0 Å². The number of amides is 1. The summed E-state index contributed by atoms with van der Waals surface area (Å²) in [5.74, 6) is -0.213. The second-order valence-corrected chi connectivity index (χ2v) is 6.95. The van der Waals surface area contributed by atoms with Crippen molar-refractivity contribution in [2.45, 2.75) is 26.2 Å². The van der Waals surface area contributed by atoms with Gasteiger partial charge in [-0.15, -0.1) is 0 Å². The zero-order valence-corrected chi connectivity index (χ0v) is 14.5. The molecule has 128 valence electrons. The number of phenols is 1. The van der Waals surface area contributed by atoms with Crippen LogP contribution < -0.4 is 5.32 Å². The minimum atomic E-state index is -0.265. The summed E-state index contributed by atoms with van der Waals surface area (Å²) in [5, 5.41) is 12.8. The van der Waals surface area contributed by atoms with Gasteiger partial charge in [-0.05, 0) is 47.4 Å². The largest absolute Gasteiger partial charge is 0.506 e. The van der Waals surface area contributed by atoms with Crippen molar-refractivity contribution < 1.29 is 9.90 Å². The predicted octanol–water partition coefficient (Wildman–Crippen LogP) is 4.13. The molecular formula is C20H21N3O2. The van der Waals surface area contributed by atoms with Crippen molar-refractivity contribution in [2.75, 3.05) is 5.32 Å². The van der Waals surface area contributed by atoms with E-state index in [0.717, 1.165) is 11.3 Å². The molecule has 2 N–H and O–H groups in total. The maximum absolute atomic E-state index is 12.5. The number of phenolic OH excluding ortho intramolecular Hbond substituents is 1. The summed E-state index contributed by atoms with van der Waals surface area (Å²) < 4.78 is 1.86. The molecule has 1 amide bonds. The van der Waals surface area contributed by atoms with Crippen molar-refractivity contribution in [3.63, 3.8) is 0 Å². The molecule has 0 radical (unpaired) electrons. The molecular weight excluding hydrogens is 314 g/mol. The number of carbonyl (C=O) groups excluding carboxylic acids is 1. The molecule has 0 bridgehead atoms. The first-order valence-corrected chi connectivity index (χ1v) is 8.08. The number of nitrogens with one attached hydrogen (secondary N) is 1. The highest BCUT2D eigenvalue weighted by Gasteiger charge is 2.17. The van der Waals surface area contributed by atoms with Crippen molar-refractivity contribution in [3.8, 4) is 11.4 Å². The van der Waals surface area contributed by atoms with Gasteiger partial charge in [0.2, 0.25) is 0 Å². The molecule has 2 aromatic carbocycles. The average Bonchev–Trinajstić information content (AvgIpc) is 3.10.